The van der Waals surface area contributed by atoms with E-state index >= 15 is 0 Å². The molecular weight excluding hydrogens is 268 g/mol. The van der Waals surface area contributed by atoms with Crippen molar-refractivity contribution in [2.24, 2.45) is 0 Å². The van der Waals surface area contributed by atoms with Crippen LogP contribution in [-0.2, 0) is 4.79 Å². The molecule has 20 heavy (non-hydrogen) atoms. The van der Waals surface area contributed by atoms with Crippen molar-refractivity contribution < 1.29 is 4.79 Å². The predicted octanol–water partition coefficient (Wildman–Crippen LogP) is 3.52. The van der Waals surface area contributed by atoms with E-state index in [-0.39, 0.29) is 5.91 Å². The van der Waals surface area contributed by atoms with Crippen molar-refractivity contribution in [1.82, 2.24) is 4.90 Å². The molecule has 0 spiro atoms. The fourth-order valence-electron chi connectivity index (χ4n) is 2.72. The highest BCUT2D eigenvalue weighted by molar-refractivity contribution is 7.10. The lowest BCUT2D eigenvalue weighted by atomic mass is 10.2. The lowest BCUT2D eigenvalue weighted by Crippen LogP contribution is -2.32. The Hall–Kier alpha value is -1.65. The van der Waals surface area contributed by atoms with E-state index in [1.54, 1.807) is 11.3 Å². The van der Waals surface area contributed by atoms with Crippen molar-refractivity contribution in [3.63, 3.8) is 0 Å². The Kier molecular flexibility index (Phi) is 4.14. The molecule has 1 aromatic carbocycles. The average molecular weight is 286 g/mol. The first-order valence-electron chi connectivity index (χ1n) is 6.95. The van der Waals surface area contributed by atoms with Gasteiger partial charge in [-0.15, -0.1) is 11.3 Å². The van der Waals surface area contributed by atoms with Crippen LogP contribution in [0, 0.1) is 0 Å². The average Bonchev–Trinajstić information content (AvgIpc) is 3.10. The number of amides is 1. The van der Waals surface area contributed by atoms with Crippen molar-refractivity contribution >= 4 is 22.9 Å². The molecule has 1 fully saturated rings. The van der Waals surface area contributed by atoms with E-state index in [1.165, 1.54) is 11.3 Å². The van der Waals surface area contributed by atoms with Gasteiger partial charge in [0.2, 0.25) is 5.91 Å². The molecule has 0 unspecified atom stereocenters. The van der Waals surface area contributed by atoms with Crippen LogP contribution in [0.5, 0.6) is 0 Å². The van der Waals surface area contributed by atoms with Gasteiger partial charge in [-0.05, 0) is 43.0 Å². The number of benzene rings is 1. The lowest BCUT2D eigenvalue weighted by Gasteiger charge is -2.22. The summed E-state index contributed by atoms with van der Waals surface area (Å²) in [5.41, 5.74) is 0.865. The number of para-hydroxylation sites is 1. The summed E-state index contributed by atoms with van der Waals surface area (Å²) >= 11 is 1.78. The van der Waals surface area contributed by atoms with Crippen molar-refractivity contribution in [2.75, 3.05) is 18.4 Å². The summed E-state index contributed by atoms with van der Waals surface area (Å²) in [5, 5.41) is 5.06. The Morgan fingerprint density at radius 2 is 2.10 bits per heavy atom. The van der Waals surface area contributed by atoms with Gasteiger partial charge in [0.05, 0.1) is 6.54 Å². The number of nitrogens with zero attached hydrogens (tertiary/aromatic N) is 1. The Morgan fingerprint density at radius 3 is 2.85 bits per heavy atom. The zero-order chi connectivity index (χ0) is 13.8. The van der Waals surface area contributed by atoms with Gasteiger partial charge in [0.25, 0.3) is 0 Å². The van der Waals surface area contributed by atoms with Crippen LogP contribution in [0.25, 0.3) is 0 Å². The van der Waals surface area contributed by atoms with Crippen molar-refractivity contribution in [1.29, 1.82) is 0 Å². The highest BCUT2D eigenvalue weighted by atomic mass is 32.1. The largest absolute Gasteiger partial charge is 0.325 e. The van der Waals surface area contributed by atoms with Crippen LogP contribution < -0.4 is 5.32 Å². The molecule has 2 aromatic rings. The van der Waals surface area contributed by atoms with E-state index in [1.807, 2.05) is 30.3 Å². The fourth-order valence-corrected chi connectivity index (χ4v) is 3.62. The number of likely N-dealkylation sites (tertiary alicyclic amines) is 1. The zero-order valence-corrected chi connectivity index (χ0v) is 12.1. The normalized spacial score (nSPS) is 19.1. The van der Waals surface area contributed by atoms with E-state index < -0.39 is 0 Å². The molecule has 104 valence electrons. The molecule has 1 aliphatic heterocycles. The molecule has 0 saturated carbocycles. The molecule has 1 aromatic heterocycles. The van der Waals surface area contributed by atoms with Gasteiger partial charge in [0, 0.05) is 16.6 Å². The lowest BCUT2D eigenvalue weighted by molar-refractivity contribution is -0.117. The monoisotopic (exact) mass is 286 g/mol. The van der Waals surface area contributed by atoms with E-state index in [0.29, 0.717) is 12.6 Å². The minimum atomic E-state index is 0.0691. The molecule has 0 bridgehead atoms. The van der Waals surface area contributed by atoms with Gasteiger partial charge >= 0.3 is 0 Å². The van der Waals surface area contributed by atoms with Gasteiger partial charge in [-0.1, -0.05) is 24.3 Å². The van der Waals surface area contributed by atoms with Crippen LogP contribution in [0.4, 0.5) is 5.69 Å². The first-order chi connectivity index (χ1) is 9.83. The first-order valence-corrected chi connectivity index (χ1v) is 7.83. The summed E-state index contributed by atoms with van der Waals surface area (Å²) in [6, 6.07) is 14.3. The minimum absolute atomic E-state index is 0.0691. The Morgan fingerprint density at radius 1 is 1.25 bits per heavy atom. The Labute approximate surface area is 123 Å². The molecule has 1 amide bonds. The molecular formula is C16H18N2OS. The van der Waals surface area contributed by atoms with Gasteiger partial charge in [0.1, 0.15) is 0 Å². The Bertz CT molecular complexity index is 553. The molecule has 1 N–H and O–H groups in total. The maximum Gasteiger partial charge on any atom is 0.238 e. The highest BCUT2D eigenvalue weighted by Crippen LogP contribution is 2.34. The summed E-state index contributed by atoms with van der Waals surface area (Å²) in [5.74, 6) is 0.0691. The summed E-state index contributed by atoms with van der Waals surface area (Å²) < 4.78 is 0. The molecule has 0 aliphatic carbocycles. The number of thiophene rings is 1. The van der Waals surface area contributed by atoms with Crippen LogP contribution in [0.15, 0.2) is 47.8 Å². The molecule has 4 heteroatoms. The summed E-state index contributed by atoms with van der Waals surface area (Å²) in [6.07, 6.45) is 2.32. The van der Waals surface area contributed by atoms with Gasteiger partial charge < -0.3 is 5.32 Å². The topological polar surface area (TPSA) is 32.3 Å². The summed E-state index contributed by atoms with van der Waals surface area (Å²) in [4.78, 5) is 15.8. The smallest absolute Gasteiger partial charge is 0.238 e. The SMILES string of the molecule is O=C(CN1CCC[C@H]1c1cccs1)Nc1ccccc1. The number of nitrogens with one attached hydrogen (secondary N) is 1. The van der Waals surface area contributed by atoms with Gasteiger partial charge in [-0.25, -0.2) is 0 Å². The van der Waals surface area contributed by atoms with Gasteiger partial charge in [-0.2, -0.15) is 0 Å². The second-order valence-electron chi connectivity index (χ2n) is 5.06. The second-order valence-corrected chi connectivity index (χ2v) is 6.04. The molecule has 1 atom stereocenters. The second kappa shape index (κ2) is 6.20. The molecule has 3 nitrogen and oxygen atoms in total. The third-order valence-corrected chi connectivity index (χ3v) is 4.61. The number of rotatable bonds is 4. The van der Waals surface area contributed by atoms with Crippen LogP contribution in [0.2, 0.25) is 0 Å². The van der Waals surface area contributed by atoms with Gasteiger partial charge in [0.15, 0.2) is 0 Å². The third-order valence-electron chi connectivity index (χ3n) is 3.64. The molecule has 1 aliphatic rings. The maximum absolute atomic E-state index is 12.1. The quantitative estimate of drug-likeness (QED) is 0.932. The minimum Gasteiger partial charge on any atom is -0.325 e. The number of anilines is 1. The number of hydrogen-bond acceptors (Lipinski definition) is 3. The van der Waals surface area contributed by atoms with Crippen LogP contribution in [-0.4, -0.2) is 23.9 Å². The zero-order valence-electron chi connectivity index (χ0n) is 11.3. The number of carbonyl (C=O) groups excluding carboxylic acids is 1. The highest BCUT2D eigenvalue weighted by Gasteiger charge is 2.28. The third kappa shape index (κ3) is 3.08. The van der Waals surface area contributed by atoms with Gasteiger partial charge in [-0.3, -0.25) is 9.69 Å². The Balaban J connectivity index is 1.61. The van der Waals surface area contributed by atoms with Crippen LogP contribution >= 0.6 is 11.3 Å². The van der Waals surface area contributed by atoms with Crippen molar-refractivity contribution in [2.45, 2.75) is 18.9 Å². The first kappa shape index (κ1) is 13.3. The van der Waals surface area contributed by atoms with E-state index in [0.717, 1.165) is 18.7 Å². The van der Waals surface area contributed by atoms with Crippen molar-refractivity contribution in [3.8, 4) is 0 Å². The molecule has 3 rings (SSSR count). The number of carbonyl (C=O) groups is 1. The number of hydrogen-bond donors (Lipinski definition) is 1. The standard InChI is InChI=1S/C16H18N2OS/c19-16(17-13-6-2-1-3-7-13)12-18-10-4-8-14(18)15-9-5-11-20-15/h1-3,5-7,9,11,14H,4,8,10,12H2,(H,17,19)/t14-/m0/s1. The van der Waals surface area contributed by atoms with Crippen molar-refractivity contribution in [3.05, 3.63) is 52.7 Å². The van der Waals surface area contributed by atoms with Crippen LogP contribution in [0.1, 0.15) is 23.8 Å². The summed E-state index contributed by atoms with van der Waals surface area (Å²) in [6.45, 7) is 1.47. The summed E-state index contributed by atoms with van der Waals surface area (Å²) in [7, 11) is 0. The maximum atomic E-state index is 12.1. The predicted molar refractivity (Wildman–Crippen MR) is 82.9 cm³/mol. The van der Waals surface area contributed by atoms with E-state index in [9.17, 15) is 4.79 Å². The fraction of sp³-hybridized carbons (Fsp3) is 0.312. The van der Waals surface area contributed by atoms with E-state index in [4.69, 9.17) is 0 Å². The molecule has 1 saturated heterocycles. The van der Waals surface area contributed by atoms with Crippen LogP contribution in [0.3, 0.4) is 0 Å². The molecule has 0 radical (unpaired) electrons. The van der Waals surface area contributed by atoms with E-state index in [2.05, 4.69) is 27.7 Å². The molecule has 2 heterocycles.